The van der Waals surface area contributed by atoms with Crippen LogP contribution in [-0.2, 0) is 26.9 Å². The zero-order valence-electron chi connectivity index (χ0n) is 15.0. The van der Waals surface area contributed by atoms with E-state index < -0.39 is 21.5 Å². The van der Waals surface area contributed by atoms with Gasteiger partial charge in [-0.2, -0.15) is 0 Å². The highest BCUT2D eigenvalue weighted by molar-refractivity contribution is 7.91. The maximum atomic E-state index is 12.5. The fourth-order valence-corrected chi connectivity index (χ4v) is 3.96. The van der Waals surface area contributed by atoms with Gasteiger partial charge in [0.2, 0.25) is 5.91 Å². The van der Waals surface area contributed by atoms with Gasteiger partial charge in [0, 0.05) is 24.6 Å². The topological polar surface area (TPSA) is 81.1 Å². The number of hydrogen-bond donors (Lipinski definition) is 1. The molecule has 0 bridgehead atoms. The summed E-state index contributed by atoms with van der Waals surface area (Å²) in [6, 6.07) is 17.0. The van der Waals surface area contributed by atoms with Gasteiger partial charge in [0.15, 0.2) is 9.84 Å². The van der Waals surface area contributed by atoms with E-state index in [4.69, 9.17) is 0 Å². The Morgan fingerprint density at radius 2 is 1.78 bits per heavy atom. The van der Waals surface area contributed by atoms with E-state index in [1.165, 1.54) is 0 Å². The first-order chi connectivity index (χ1) is 12.9. The molecule has 0 saturated heterocycles. The molecule has 0 aliphatic rings. The fourth-order valence-electron chi connectivity index (χ4n) is 2.75. The first-order valence-corrected chi connectivity index (χ1v) is 10.3. The summed E-state index contributed by atoms with van der Waals surface area (Å²) in [7, 11) is -3.65. The third-order valence-corrected chi connectivity index (χ3v) is 5.52. The van der Waals surface area contributed by atoms with Crippen LogP contribution in [0.5, 0.6) is 0 Å². The van der Waals surface area contributed by atoms with Crippen molar-refractivity contribution in [1.29, 1.82) is 0 Å². The number of carbonyl (C=O) groups excluding carboxylic acids is 1. The standard InChI is InChI=1S/C20H21N3O3S/c1-16-7-5-6-10-18(16)22-20(24)15-27(25,26)14-19-21-11-12-23(19)13-17-8-3-2-4-9-17/h2-12H,13-15H2,1H3,(H,22,24). The molecule has 1 heterocycles. The second kappa shape index (κ2) is 8.18. The molecule has 0 unspecified atom stereocenters. The number of carbonyl (C=O) groups is 1. The molecule has 7 heteroatoms. The van der Waals surface area contributed by atoms with Gasteiger partial charge in [0.1, 0.15) is 17.3 Å². The highest BCUT2D eigenvalue weighted by atomic mass is 32.2. The number of anilines is 1. The van der Waals surface area contributed by atoms with Crippen molar-refractivity contribution in [2.45, 2.75) is 19.2 Å². The van der Waals surface area contributed by atoms with Crippen LogP contribution < -0.4 is 5.32 Å². The molecule has 1 amide bonds. The lowest BCUT2D eigenvalue weighted by Gasteiger charge is -2.10. The monoisotopic (exact) mass is 383 g/mol. The average Bonchev–Trinajstić information content (AvgIpc) is 3.03. The van der Waals surface area contributed by atoms with Gasteiger partial charge in [0.05, 0.1) is 0 Å². The Balaban J connectivity index is 1.66. The van der Waals surface area contributed by atoms with Crippen LogP contribution in [0.2, 0.25) is 0 Å². The van der Waals surface area contributed by atoms with Gasteiger partial charge < -0.3 is 9.88 Å². The molecule has 0 atom stereocenters. The minimum absolute atomic E-state index is 0.284. The Kier molecular flexibility index (Phi) is 5.71. The molecule has 0 fully saturated rings. The number of para-hydroxylation sites is 1. The number of benzene rings is 2. The van der Waals surface area contributed by atoms with Crippen molar-refractivity contribution in [2.24, 2.45) is 0 Å². The van der Waals surface area contributed by atoms with E-state index in [0.717, 1.165) is 11.1 Å². The van der Waals surface area contributed by atoms with Crippen LogP contribution in [0.4, 0.5) is 5.69 Å². The van der Waals surface area contributed by atoms with Crippen LogP contribution in [0.15, 0.2) is 67.0 Å². The van der Waals surface area contributed by atoms with Crippen molar-refractivity contribution in [3.8, 4) is 0 Å². The number of nitrogens with one attached hydrogen (secondary N) is 1. The van der Waals surface area contributed by atoms with Gasteiger partial charge in [-0.05, 0) is 24.1 Å². The summed E-state index contributed by atoms with van der Waals surface area (Å²) >= 11 is 0. The van der Waals surface area contributed by atoms with Gasteiger partial charge in [-0.25, -0.2) is 13.4 Å². The summed E-state index contributed by atoms with van der Waals surface area (Å²) in [6.07, 6.45) is 3.31. The van der Waals surface area contributed by atoms with Crippen molar-refractivity contribution < 1.29 is 13.2 Å². The first kappa shape index (κ1) is 18.8. The third-order valence-electron chi connectivity index (χ3n) is 4.12. The second-order valence-corrected chi connectivity index (χ2v) is 8.42. The molecular formula is C20H21N3O3S. The Morgan fingerprint density at radius 1 is 1.07 bits per heavy atom. The molecule has 3 aromatic rings. The predicted octanol–water partition coefficient (Wildman–Crippen LogP) is 2.79. The number of sulfone groups is 1. The van der Waals surface area contributed by atoms with Crippen LogP contribution in [0, 0.1) is 6.92 Å². The van der Waals surface area contributed by atoms with Crippen LogP contribution in [0.3, 0.4) is 0 Å². The van der Waals surface area contributed by atoms with Gasteiger partial charge in [-0.15, -0.1) is 0 Å². The number of amides is 1. The Bertz CT molecular complexity index is 1030. The minimum atomic E-state index is -3.65. The average molecular weight is 383 g/mol. The molecule has 1 N–H and O–H groups in total. The summed E-state index contributed by atoms with van der Waals surface area (Å²) in [5.74, 6) is -0.999. The van der Waals surface area contributed by atoms with Crippen molar-refractivity contribution >= 4 is 21.4 Å². The second-order valence-electron chi connectivity index (χ2n) is 6.35. The van der Waals surface area contributed by atoms with E-state index in [2.05, 4.69) is 10.3 Å². The largest absolute Gasteiger partial charge is 0.330 e. The van der Waals surface area contributed by atoms with Crippen LogP contribution >= 0.6 is 0 Å². The van der Waals surface area contributed by atoms with Crippen molar-refractivity contribution in [2.75, 3.05) is 11.1 Å². The van der Waals surface area contributed by atoms with Crippen LogP contribution in [-0.4, -0.2) is 29.6 Å². The van der Waals surface area contributed by atoms with Crippen molar-refractivity contribution in [3.05, 3.63) is 83.9 Å². The van der Waals surface area contributed by atoms with Gasteiger partial charge in [-0.1, -0.05) is 48.5 Å². The number of aryl methyl sites for hydroxylation is 1. The van der Waals surface area contributed by atoms with E-state index in [-0.39, 0.29) is 5.75 Å². The maximum Gasteiger partial charge on any atom is 0.239 e. The molecule has 3 rings (SSSR count). The van der Waals surface area contributed by atoms with Crippen LogP contribution in [0.25, 0.3) is 0 Å². The lowest BCUT2D eigenvalue weighted by Crippen LogP contribution is -2.25. The maximum absolute atomic E-state index is 12.5. The summed E-state index contributed by atoms with van der Waals surface area (Å²) in [5.41, 5.74) is 2.54. The molecule has 27 heavy (non-hydrogen) atoms. The molecule has 0 aliphatic heterocycles. The molecule has 6 nitrogen and oxygen atoms in total. The lowest BCUT2D eigenvalue weighted by molar-refractivity contribution is -0.113. The van der Waals surface area contributed by atoms with E-state index in [1.54, 1.807) is 29.1 Å². The molecule has 140 valence electrons. The van der Waals surface area contributed by atoms with Gasteiger partial charge in [-0.3, -0.25) is 4.79 Å². The summed E-state index contributed by atoms with van der Waals surface area (Å²) in [5, 5.41) is 2.66. The number of imidazole rings is 1. The Hall–Kier alpha value is -2.93. The fraction of sp³-hybridized carbons (Fsp3) is 0.200. The summed E-state index contributed by atoms with van der Waals surface area (Å²) in [6.45, 7) is 2.38. The molecule has 0 spiro atoms. The third kappa shape index (κ3) is 5.27. The normalized spacial score (nSPS) is 11.3. The van der Waals surface area contributed by atoms with Gasteiger partial charge in [0.25, 0.3) is 0 Å². The van der Waals surface area contributed by atoms with Crippen molar-refractivity contribution in [3.63, 3.8) is 0 Å². The number of rotatable bonds is 7. The van der Waals surface area contributed by atoms with Crippen LogP contribution in [0.1, 0.15) is 17.0 Å². The van der Waals surface area contributed by atoms with E-state index in [1.807, 2.05) is 49.4 Å². The quantitative estimate of drug-likeness (QED) is 0.680. The lowest BCUT2D eigenvalue weighted by atomic mass is 10.2. The van der Waals surface area contributed by atoms with E-state index >= 15 is 0 Å². The van der Waals surface area contributed by atoms with E-state index in [9.17, 15) is 13.2 Å². The molecule has 0 radical (unpaired) electrons. The minimum Gasteiger partial charge on any atom is -0.330 e. The number of nitrogens with zero attached hydrogens (tertiary/aromatic N) is 2. The molecule has 2 aromatic carbocycles. The Labute approximate surface area is 158 Å². The molecule has 1 aromatic heterocycles. The summed E-state index contributed by atoms with van der Waals surface area (Å²) in [4.78, 5) is 16.3. The van der Waals surface area contributed by atoms with Crippen molar-refractivity contribution in [1.82, 2.24) is 9.55 Å². The molecule has 0 saturated carbocycles. The molecule has 0 aliphatic carbocycles. The summed E-state index contributed by atoms with van der Waals surface area (Å²) < 4.78 is 26.7. The highest BCUT2D eigenvalue weighted by Gasteiger charge is 2.20. The Morgan fingerprint density at radius 3 is 2.52 bits per heavy atom. The zero-order chi connectivity index (χ0) is 19.3. The molecular weight excluding hydrogens is 362 g/mol. The predicted molar refractivity (Wildman–Crippen MR) is 105 cm³/mol. The first-order valence-electron chi connectivity index (χ1n) is 8.53. The smallest absolute Gasteiger partial charge is 0.239 e. The SMILES string of the molecule is Cc1ccccc1NC(=O)CS(=O)(=O)Cc1nccn1Cc1ccccc1. The zero-order valence-corrected chi connectivity index (χ0v) is 15.8. The number of hydrogen-bond acceptors (Lipinski definition) is 4. The van der Waals surface area contributed by atoms with E-state index in [0.29, 0.717) is 18.1 Å². The number of aromatic nitrogens is 2. The highest BCUT2D eigenvalue weighted by Crippen LogP contribution is 2.14. The van der Waals surface area contributed by atoms with Gasteiger partial charge >= 0.3 is 0 Å².